The maximum atomic E-state index is 13.3. The number of hydrogen-bond acceptors (Lipinski definition) is 3. The van der Waals surface area contributed by atoms with Gasteiger partial charge in [0.2, 0.25) is 11.9 Å². The zero-order valence-electron chi connectivity index (χ0n) is 11.3. The molecule has 0 spiro atoms. The number of likely N-dealkylation sites (tertiary alicyclic amines) is 1. The van der Waals surface area contributed by atoms with Crippen molar-refractivity contribution in [3.8, 4) is 0 Å². The van der Waals surface area contributed by atoms with E-state index in [2.05, 4.69) is 10.3 Å². The average Bonchev–Trinajstić information content (AvgIpc) is 2.48. The van der Waals surface area contributed by atoms with Crippen LogP contribution in [0.5, 0.6) is 0 Å². The number of carbonyl (C=O) groups is 2. The zero-order valence-corrected chi connectivity index (χ0v) is 11.3. The van der Waals surface area contributed by atoms with E-state index in [0.29, 0.717) is 0 Å². The highest BCUT2D eigenvalue weighted by atomic mass is 19.1. The second kappa shape index (κ2) is 6.98. The van der Waals surface area contributed by atoms with Gasteiger partial charge in [-0.2, -0.15) is 4.39 Å². The lowest BCUT2D eigenvalue weighted by Gasteiger charge is -2.26. The standard InChI is InChI=1S/C14H18FN3O2/c15-13-11(5-4-7-16-13)14(20)17-8-6-12(19)18-9-2-1-3-10-18/h4-5,7H,1-3,6,8-10H2,(H,17,20). The highest BCUT2D eigenvalue weighted by Crippen LogP contribution is 2.09. The van der Waals surface area contributed by atoms with E-state index in [4.69, 9.17) is 0 Å². The quantitative estimate of drug-likeness (QED) is 0.846. The molecule has 1 aliphatic rings. The van der Waals surface area contributed by atoms with Gasteiger partial charge in [-0.15, -0.1) is 0 Å². The summed E-state index contributed by atoms with van der Waals surface area (Å²) in [4.78, 5) is 28.8. The molecule has 1 aromatic heterocycles. The molecule has 2 rings (SSSR count). The summed E-state index contributed by atoms with van der Waals surface area (Å²) in [6.07, 6.45) is 4.78. The van der Waals surface area contributed by atoms with Crippen molar-refractivity contribution in [1.29, 1.82) is 0 Å². The van der Waals surface area contributed by atoms with Crippen molar-refractivity contribution in [2.45, 2.75) is 25.7 Å². The molecular formula is C14H18FN3O2. The van der Waals surface area contributed by atoms with Crippen LogP contribution in [0.25, 0.3) is 0 Å². The third-order valence-electron chi connectivity index (χ3n) is 3.34. The molecule has 1 aromatic rings. The fourth-order valence-corrected chi connectivity index (χ4v) is 2.24. The van der Waals surface area contributed by atoms with E-state index in [-0.39, 0.29) is 24.4 Å². The number of piperidine rings is 1. The van der Waals surface area contributed by atoms with Gasteiger partial charge in [0.05, 0.1) is 5.56 Å². The van der Waals surface area contributed by atoms with Crippen molar-refractivity contribution < 1.29 is 14.0 Å². The molecule has 2 amide bonds. The third-order valence-corrected chi connectivity index (χ3v) is 3.34. The summed E-state index contributed by atoms with van der Waals surface area (Å²) in [5.74, 6) is -1.30. The van der Waals surface area contributed by atoms with Crippen LogP contribution in [-0.4, -0.2) is 41.3 Å². The number of amides is 2. The molecular weight excluding hydrogens is 261 g/mol. The number of nitrogens with one attached hydrogen (secondary N) is 1. The van der Waals surface area contributed by atoms with Gasteiger partial charge in [0, 0.05) is 32.3 Å². The molecule has 6 heteroatoms. The third kappa shape index (κ3) is 3.76. The van der Waals surface area contributed by atoms with Crippen LogP contribution in [0.1, 0.15) is 36.0 Å². The zero-order chi connectivity index (χ0) is 14.4. The summed E-state index contributed by atoms with van der Waals surface area (Å²) in [7, 11) is 0. The van der Waals surface area contributed by atoms with Gasteiger partial charge in [-0.05, 0) is 31.4 Å². The van der Waals surface area contributed by atoms with Crippen LogP contribution in [-0.2, 0) is 4.79 Å². The second-order valence-electron chi connectivity index (χ2n) is 4.79. The maximum Gasteiger partial charge on any atom is 0.255 e. The second-order valence-corrected chi connectivity index (χ2v) is 4.79. The molecule has 0 aliphatic carbocycles. The minimum Gasteiger partial charge on any atom is -0.351 e. The Morgan fingerprint density at radius 2 is 2.05 bits per heavy atom. The van der Waals surface area contributed by atoms with Gasteiger partial charge in [0.15, 0.2) is 0 Å². The Hall–Kier alpha value is -1.98. The van der Waals surface area contributed by atoms with Crippen LogP contribution in [0.3, 0.4) is 0 Å². The molecule has 20 heavy (non-hydrogen) atoms. The van der Waals surface area contributed by atoms with Crippen molar-refractivity contribution in [1.82, 2.24) is 15.2 Å². The summed E-state index contributed by atoms with van der Waals surface area (Å²) in [6, 6.07) is 2.86. The summed E-state index contributed by atoms with van der Waals surface area (Å²) >= 11 is 0. The van der Waals surface area contributed by atoms with Gasteiger partial charge in [-0.25, -0.2) is 4.98 Å². The van der Waals surface area contributed by atoms with E-state index in [9.17, 15) is 14.0 Å². The Morgan fingerprint density at radius 1 is 1.30 bits per heavy atom. The highest BCUT2D eigenvalue weighted by molar-refractivity contribution is 5.94. The van der Waals surface area contributed by atoms with Gasteiger partial charge in [0.1, 0.15) is 0 Å². The van der Waals surface area contributed by atoms with Gasteiger partial charge >= 0.3 is 0 Å². The molecule has 1 fully saturated rings. The van der Waals surface area contributed by atoms with Crippen LogP contribution in [0, 0.1) is 5.95 Å². The van der Waals surface area contributed by atoms with E-state index in [1.165, 1.54) is 24.8 Å². The normalized spacial score (nSPS) is 14.9. The molecule has 0 radical (unpaired) electrons. The summed E-state index contributed by atoms with van der Waals surface area (Å²) < 4.78 is 13.3. The van der Waals surface area contributed by atoms with Crippen molar-refractivity contribution in [2.24, 2.45) is 0 Å². The molecule has 1 saturated heterocycles. The molecule has 0 unspecified atom stereocenters. The minimum absolute atomic E-state index is 0.0386. The number of halogens is 1. The SMILES string of the molecule is O=C(NCCC(=O)N1CCCCC1)c1cccnc1F. The lowest BCUT2D eigenvalue weighted by atomic mass is 10.1. The number of aromatic nitrogens is 1. The number of nitrogens with zero attached hydrogens (tertiary/aromatic N) is 2. The van der Waals surface area contributed by atoms with E-state index in [0.717, 1.165) is 25.9 Å². The Labute approximate surface area is 117 Å². The predicted octanol–water partition coefficient (Wildman–Crippen LogP) is 1.35. The number of rotatable bonds is 4. The van der Waals surface area contributed by atoms with Crippen LogP contribution < -0.4 is 5.32 Å². The first-order valence-corrected chi connectivity index (χ1v) is 6.85. The highest BCUT2D eigenvalue weighted by Gasteiger charge is 2.17. The fourth-order valence-electron chi connectivity index (χ4n) is 2.24. The molecule has 0 bridgehead atoms. The Balaban J connectivity index is 1.76. The molecule has 1 aliphatic heterocycles. The summed E-state index contributed by atoms with van der Waals surface area (Å²) in [6.45, 7) is 1.80. The van der Waals surface area contributed by atoms with Crippen molar-refractivity contribution in [3.63, 3.8) is 0 Å². The van der Waals surface area contributed by atoms with E-state index in [1.807, 2.05) is 4.90 Å². The van der Waals surface area contributed by atoms with Crippen molar-refractivity contribution >= 4 is 11.8 Å². The lowest BCUT2D eigenvalue weighted by molar-refractivity contribution is -0.131. The molecule has 0 aromatic carbocycles. The van der Waals surface area contributed by atoms with E-state index >= 15 is 0 Å². The number of hydrogen-bond donors (Lipinski definition) is 1. The van der Waals surface area contributed by atoms with Crippen LogP contribution in [0.4, 0.5) is 4.39 Å². The Morgan fingerprint density at radius 3 is 2.75 bits per heavy atom. The molecule has 5 nitrogen and oxygen atoms in total. The first-order valence-electron chi connectivity index (χ1n) is 6.85. The molecule has 0 atom stereocenters. The summed E-state index contributed by atoms with van der Waals surface area (Å²) in [5, 5.41) is 2.54. The van der Waals surface area contributed by atoms with E-state index < -0.39 is 11.9 Å². The van der Waals surface area contributed by atoms with Crippen molar-refractivity contribution in [2.75, 3.05) is 19.6 Å². The lowest BCUT2D eigenvalue weighted by Crippen LogP contribution is -2.37. The van der Waals surface area contributed by atoms with Gasteiger partial charge in [-0.1, -0.05) is 0 Å². The van der Waals surface area contributed by atoms with Crippen LogP contribution in [0.15, 0.2) is 18.3 Å². The van der Waals surface area contributed by atoms with Crippen molar-refractivity contribution in [3.05, 3.63) is 29.8 Å². The first kappa shape index (κ1) is 14.4. The molecule has 1 N–H and O–H groups in total. The molecule has 108 valence electrons. The Kier molecular flexibility index (Phi) is 5.03. The summed E-state index contributed by atoms with van der Waals surface area (Å²) in [5.41, 5.74) is -0.0991. The van der Waals surface area contributed by atoms with Crippen LogP contribution in [0.2, 0.25) is 0 Å². The average molecular weight is 279 g/mol. The topological polar surface area (TPSA) is 62.3 Å². The molecule has 2 heterocycles. The van der Waals surface area contributed by atoms with Gasteiger partial charge in [0.25, 0.3) is 5.91 Å². The number of carbonyl (C=O) groups excluding carboxylic acids is 2. The predicted molar refractivity (Wildman–Crippen MR) is 71.6 cm³/mol. The Bertz CT molecular complexity index is 487. The van der Waals surface area contributed by atoms with Gasteiger partial charge in [-0.3, -0.25) is 9.59 Å². The number of pyridine rings is 1. The molecule has 0 saturated carbocycles. The monoisotopic (exact) mass is 279 g/mol. The first-order chi connectivity index (χ1) is 9.68. The largest absolute Gasteiger partial charge is 0.351 e. The minimum atomic E-state index is -0.799. The fraction of sp³-hybridized carbons (Fsp3) is 0.500. The van der Waals surface area contributed by atoms with E-state index in [1.54, 1.807) is 0 Å². The maximum absolute atomic E-state index is 13.3. The smallest absolute Gasteiger partial charge is 0.255 e. The van der Waals surface area contributed by atoms with Gasteiger partial charge < -0.3 is 10.2 Å². The van der Waals surface area contributed by atoms with Crippen LogP contribution >= 0.6 is 0 Å².